The van der Waals surface area contributed by atoms with Crippen molar-refractivity contribution < 1.29 is 37.7 Å². The van der Waals surface area contributed by atoms with Gasteiger partial charge < -0.3 is 24.4 Å². The van der Waals surface area contributed by atoms with Gasteiger partial charge in [-0.2, -0.15) is 14.4 Å². The van der Waals surface area contributed by atoms with Crippen molar-refractivity contribution in [2.24, 2.45) is 5.84 Å². The molecule has 0 bridgehead atoms. The summed E-state index contributed by atoms with van der Waals surface area (Å²) in [6.07, 6.45) is -4.25. The fourth-order valence-corrected chi connectivity index (χ4v) is 3.09. The number of carbonyl (C=O) groups is 3. The zero-order valence-electron chi connectivity index (χ0n) is 16.2. The third-order valence-electron chi connectivity index (χ3n) is 4.15. The molecule has 3 N–H and O–H groups in total. The van der Waals surface area contributed by atoms with E-state index in [9.17, 15) is 18.8 Å². The van der Waals surface area contributed by atoms with E-state index in [4.69, 9.17) is 24.8 Å². The van der Waals surface area contributed by atoms with Gasteiger partial charge in [0.15, 0.2) is 35.4 Å². The van der Waals surface area contributed by atoms with Gasteiger partial charge in [0.1, 0.15) is 12.7 Å². The third-order valence-corrected chi connectivity index (χ3v) is 4.15. The van der Waals surface area contributed by atoms with Crippen LogP contribution in [-0.2, 0) is 33.3 Å². The summed E-state index contributed by atoms with van der Waals surface area (Å²) in [5.74, 6) is 3.32. The minimum absolute atomic E-state index is 0.0210. The SMILES string of the molecule is CC(=O)OC[C@H]1O[C@@H](n2cnc3c(NN)nc(F)nc32)[C@H](OC(C)=O)[C@@H]1OC(C)=O. The summed E-state index contributed by atoms with van der Waals surface area (Å²) >= 11 is 0. The van der Waals surface area contributed by atoms with E-state index in [0.29, 0.717) is 0 Å². The number of imidazole rings is 1. The van der Waals surface area contributed by atoms with Crippen LogP contribution in [0.15, 0.2) is 6.33 Å². The van der Waals surface area contributed by atoms with Crippen LogP contribution in [-0.4, -0.2) is 62.3 Å². The van der Waals surface area contributed by atoms with Crippen LogP contribution < -0.4 is 11.3 Å². The van der Waals surface area contributed by atoms with Crippen molar-refractivity contribution in [1.82, 2.24) is 19.5 Å². The quantitative estimate of drug-likeness (QED) is 0.201. The molecule has 30 heavy (non-hydrogen) atoms. The van der Waals surface area contributed by atoms with E-state index in [0.717, 1.165) is 13.8 Å². The highest BCUT2D eigenvalue weighted by Gasteiger charge is 2.51. The van der Waals surface area contributed by atoms with E-state index in [1.807, 2.05) is 0 Å². The number of halogens is 1. The molecule has 0 amide bonds. The molecule has 3 rings (SSSR count). The normalized spacial score (nSPS) is 23.2. The summed E-state index contributed by atoms with van der Waals surface area (Å²) in [6.45, 7) is 3.23. The highest BCUT2D eigenvalue weighted by Crippen LogP contribution is 2.36. The number of nitrogens with one attached hydrogen (secondary N) is 1. The van der Waals surface area contributed by atoms with E-state index < -0.39 is 48.5 Å². The Morgan fingerprint density at radius 3 is 2.43 bits per heavy atom. The van der Waals surface area contributed by atoms with E-state index >= 15 is 0 Å². The first-order chi connectivity index (χ1) is 14.2. The molecule has 1 aliphatic heterocycles. The van der Waals surface area contributed by atoms with Crippen LogP contribution in [0.5, 0.6) is 0 Å². The van der Waals surface area contributed by atoms with Gasteiger partial charge in [0, 0.05) is 20.8 Å². The number of hydrazine groups is 1. The van der Waals surface area contributed by atoms with E-state index in [2.05, 4.69) is 20.4 Å². The number of carbonyl (C=O) groups excluding carboxylic acids is 3. The van der Waals surface area contributed by atoms with Crippen molar-refractivity contribution in [2.75, 3.05) is 12.0 Å². The molecule has 0 saturated carbocycles. The summed E-state index contributed by atoms with van der Waals surface area (Å²) < 4.78 is 36.6. The zero-order chi connectivity index (χ0) is 22.0. The lowest BCUT2D eigenvalue weighted by atomic mass is 10.1. The Morgan fingerprint density at radius 1 is 1.17 bits per heavy atom. The number of nitrogens with zero attached hydrogens (tertiary/aromatic N) is 4. The minimum Gasteiger partial charge on any atom is -0.463 e. The molecule has 162 valence electrons. The molecule has 2 aromatic rings. The number of rotatable bonds is 6. The third kappa shape index (κ3) is 4.28. The van der Waals surface area contributed by atoms with Gasteiger partial charge in [-0.25, -0.2) is 10.8 Å². The first-order valence-corrected chi connectivity index (χ1v) is 8.71. The molecular formula is C16H19FN6O7. The van der Waals surface area contributed by atoms with Crippen LogP contribution >= 0.6 is 0 Å². The number of esters is 3. The van der Waals surface area contributed by atoms with Crippen LogP contribution in [0.1, 0.15) is 27.0 Å². The van der Waals surface area contributed by atoms with Gasteiger partial charge in [0.2, 0.25) is 0 Å². The summed E-state index contributed by atoms with van der Waals surface area (Å²) in [7, 11) is 0. The van der Waals surface area contributed by atoms with Gasteiger partial charge in [-0.3, -0.25) is 19.0 Å². The highest BCUT2D eigenvalue weighted by atomic mass is 19.1. The van der Waals surface area contributed by atoms with Gasteiger partial charge in [0.25, 0.3) is 0 Å². The number of hydrogen-bond acceptors (Lipinski definition) is 12. The van der Waals surface area contributed by atoms with Crippen LogP contribution in [0.3, 0.4) is 0 Å². The van der Waals surface area contributed by atoms with Gasteiger partial charge in [0.05, 0.1) is 6.33 Å². The maximum absolute atomic E-state index is 13.9. The molecule has 0 spiro atoms. The molecule has 1 saturated heterocycles. The summed E-state index contributed by atoms with van der Waals surface area (Å²) in [4.78, 5) is 45.8. The Kier molecular flexibility index (Phi) is 6.07. The Morgan fingerprint density at radius 2 is 1.83 bits per heavy atom. The molecule has 4 atom stereocenters. The van der Waals surface area contributed by atoms with Crippen molar-refractivity contribution in [3.8, 4) is 0 Å². The summed E-state index contributed by atoms with van der Waals surface area (Å²) in [6, 6.07) is 0. The van der Waals surface area contributed by atoms with E-state index in [-0.39, 0.29) is 23.6 Å². The van der Waals surface area contributed by atoms with Crippen LogP contribution in [0.25, 0.3) is 11.2 Å². The van der Waals surface area contributed by atoms with E-state index in [1.165, 1.54) is 17.8 Å². The van der Waals surface area contributed by atoms with Crippen LogP contribution in [0.2, 0.25) is 0 Å². The second-order valence-electron chi connectivity index (χ2n) is 6.33. The number of nitrogen functional groups attached to an aromatic ring is 1. The van der Waals surface area contributed by atoms with E-state index in [1.54, 1.807) is 0 Å². The maximum atomic E-state index is 13.9. The van der Waals surface area contributed by atoms with Gasteiger partial charge in [-0.15, -0.1) is 0 Å². The molecule has 0 aromatic carbocycles. The maximum Gasteiger partial charge on any atom is 0.312 e. The molecule has 0 aliphatic carbocycles. The second kappa shape index (κ2) is 8.54. The molecule has 2 aromatic heterocycles. The summed E-state index contributed by atoms with van der Waals surface area (Å²) in [5.41, 5.74) is 2.32. The standard InChI is InChI=1S/C16H19FN6O7/c1-6(24)27-4-9-11(28-7(2)25)12(29-8(3)26)15(30-9)23-5-19-10-13(22-18)20-16(17)21-14(10)23/h5,9,11-12,15H,4,18H2,1-3H3,(H,20,21,22)/t9-,11-,12-,15-/m1/s1. The van der Waals surface area contributed by atoms with Crippen molar-refractivity contribution in [1.29, 1.82) is 0 Å². The number of ether oxygens (including phenoxy) is 4. The largest absolute Gasteiger partial charge is 0.463 e. The van der Waals surface area contributed by atoms with Gasteiger partial charge in [-0.1, -0.05) is 0 Å². The minimum atomic E-state index is -1.17. The number of nitrogens with two attached hydrogens (primary N) is 1. The Balaban J connectivity index is 2.05. The fourth-order valence-electron chi connectivity index (χ4n) is 3.09. The van der Waals surface area contributed by atoms with Crippen molar-refractivity contribution >= 4 is 34.9 Å². The van der Waals surface area contributed by atoms with Crippen LogP contribution in [0.4, 0.5) is 10.2 Å². The summed E-state index contributed by atoms with van der Waals surface area (Å²) in [5, 5.41) is 0. The smallest absolute Gasteiger partial charge is 0.312 e. The molecule has 13 nitrogen and oxygen atoms in total. The Bertz CT molecular complexity index is 982. The molecule has 0 radical (unpaired) electrons. The molecule has 14 heteroatoms. The fraction of sp³-hybridized carbons (Fsp3) is 0.500. The number of hydrogen-bond donors (Lipinski definition) is 2. The Hall–Kier alpha value is -3.39. The molecular weight excluding hydrogens is 407 g/mol. The number of aromatic nitrogens is 4. The monoisotopic (exact) mass is 426 g/mol. The number of fused-ring (bicyclic) bond motifs is 1. The average Bonchev–Trinajstić information content (AvgIpc) is 3.20. The number of anilines is 1. The predicted octanol–water partition coefficient (Wildman–Crippen LogP) is -0.425. The first-order valence-electron chi connectivity index (χ1n) is 8.71. The predicted molar refractivity (Wildman–Crippen MR) is 94.7 cm³/mol. The van der Waals surface area contributed by atoms with Crippen molar-refractivity contribution in [3.05, 3.63) is 12.4 Å². The zero-order valence-corrected chi connectivity index (χ0v) is 16.2. The van der Waals surface area contributed by atoms with Gasteiger partial charge in [-0.05, 0) is 0 Å². The van der Waals surface area contributed by atoms with Crippen LogP contribution in [0, 0.1) is 6.08 Å². The highest BCUT2D eigenvalue weighted by molar-refractivity contribution is 5.82. The lowest BCUT2D eigenvalue weighted by Crippen LogP contribution is -2.40. The lowest BCUT2D eigenvalue weighted by Gasteiger charge is -2.23. The lowest BCUT2D eigenvalue weighted by molar-refractivity contribution is -0.166. The molecule has 1 aliphatic rings. The molecule has 3 heterocycles. The van der Waals surface area contributed by atoms with Crippen molar-refractivity contribution in [3.63, 3.8) is 0 Å². The van der Waals surface area contributed by atoms with Crippen molar-refractivity contribution in [2.45, 2.75) is 45.3 Å². The van der Waals surface area contributed by atoms with Gasteiger partial charge >= 0.3 is 24.0 Å². The topological polar surface area (TPSA) is 170 Å². The Labute approximate surface area is 168 Å². The average molecular weight is 426 g/mol. The first kappa shape index (κ1) is 21.3. The molecule has 1 fully saturated rings. The second-order valence-corrected chi connectivity index (χ2v) is 6.33. The molecule has 0 unspecified atom stereocenters.